The topological polar surface area (TPSA) is 135 Å². The number of hydrogen-bond acceptors (Lipinski definition) is 4. The van der Waals surface area contributed by atoms with Crippen LogP contribution < -0.4 is 0 Å². The highest BCUT2D eigenvalue weighted by molar-refractivity contribution is 7.80. The number of aliphatic hydroxyl groups excluding tert-OH is 1. The van der Waals surface area contributed by atoms with Gasteiger partial charge in [-0.15, -0.1) is 0 Å². The first-order chi connectivity index (χ1) is 8.03. The van der Waals surface area contributed by atoms with E-state index < -0.39 is 32.6 Å². The zero-order valence-electron chi connectivity index (χ0n) is 9.53. The summed E-state index contributed by atoms with van der Waals surface area (Å²) in [5.41, 5.74) is -1.73. The van der Waals surface area contributed by atoms with Gasteiger partial charge in [-0.25, -0.2) is 0 Å². The lowest BCUT2D eigenvalue weighted by molar-refractivity contribution is 0.150. The second kappa shape index (κ2) is 5.94. The molecule has 0 bridgehead atoms. The normalized spacial score (nSPS) is 29.9. The first-order valence-electron chi connectivity index (χ1n) is 5.50. The molecular weight excluding hydrogens is 302 g/mol. The van der Waals surface area contributed by atoms with Gasteiger partial charge in [0.05, 0.1) is 0 Å². The summed E-state index contributed by atoms with van der Waals surface area (Å²) in [6, 6.07) is 0. The molecule has 0 heterocycles. The van der Waals surface area contributed by atoms with Crippen molar-refractivity contribution in [3.63, 3.8) is 0 Å². The van der Waals surface area contributed by atoms with Crippen LogP contribution in [0.2, 0.25) is 0 Å². The summed E-state index contributed by atoms with van der Waals surface area (Å²) in [5, 5.41) is 9.47. The maximum Gasteiger partial charge on any atom is 0.354 e. The van der Waals surface area contributed by atoms with Gasteiger partial charge in [0.25, 0.3) is 0 Å². The number of aliphatic hydroxyl groups is 1. The van der Waals surface area contributed by atoms with E-state index in [4.69, 9.17) is 9.79 Å². The molecule has 0 aromatic rings. The lowest BCUT2D eigenvalue weighted by atomic mass is 9.86. The van der Waals surface area contributed by atoms with E-state index in [-0.39, 0.29) is 5.25 Å². The van der Waals surface area contributed by atoms with Crippen molar-refractivity contribution >= 4 is 27.8 Å². The highest BCUT2D eigenvalue weighted by Crippen LogP contribution is 2.57. The third kappa shape index (κ3) is 4.32. The second-order valence-electron chi connectivity index (χ2n) is 4.66. The summed E-state index contributed by atoms with van der Waals surface area (Å²) in [5.74, 6) is -2.97. The standard InChI is InChI=1S/C8H18O7P2S/c9-8(17(13,14)15)7(16(10,11)12)5-2-1-3-6(18)4-5/h5-9,18H,1-4H2,(H2,10,11,12)(H2,13,14,15). The van der Waals surface area contributed by atoms with Gasteiger partial charge in [-0.3, -0.25) is 9.13 Å². The number of rotatable bonds is 4. The summed E-state index contributed by atoms with van der Waals surface area (Å²) < 4.78 is 22.4. The average Bonchev–Trinajstić information content (AvgIpc) is 2.13. The maximum atomic E-state index is 11.4. The summed E-state index contributed by atoms with van der Waals surface area (Å²) in [7, 11) is -9.76. The van der Waals surface area contributed by atoms with Crippen LogP contribution in [0.15, 0.2) is 0 Å². The average molecular weight is 320 g/mol. The minimum atomic E-state index is -4.96. The predicted octanol–water partition coefficient (Wildman–Crippen LogP) is 0.517. The minimum Gasteiger partial charge on any atom is -0.380 e. The molecule has 1 fully saturated rings. The van der Waals surface area contributed by atoms with Gasteiger partial charge >= 0.3 is 15.2 Å². The molecule has 4 unspecified atom stereocenters. The van der Waals surface area contributed by atoms with Crippen LogP contribution >= 0.6 is 27.8 Å². The van der Waals surface area contributed by atoms with Crippen molar-refractivity contribution in [1.29, 1.82) is 0 Å². The van der Waals surface area contributed by atoms with Crippen molar-refractivity contribution < 1.29 is 33.8 Å². The second-order valence-corrected chi connectivity index (χ2v) is 8.87. The number of hydrogen-bond donors (Lipinski definition) is 6. The Morgan fingerprint density at radius 3 is 2.00 bits per heavy atom. The molecule has 0 aliphatic heterocycles. The Balaban J connectivity index is 2.99. The molecule has 0 saturated heterocycles. The van der Waals surface area contributed by atoms with Gasteiger partial charge in [-0.2, -0.15) is 12.6 Å². The Kier molecular flexibility index (Phi) is 5.49. The van der Waals surface area contributed by atoms with E-state index in [1.165, 1.54) is 0 Å². The molecule has 5 N–H and O–H groups in total. The van der Waals surface area contributed by atoms with E-state index in [1.807, 2.05) is 0 Å². The zero-order valence-corrected chi connectivity index (χ0v) is 12.2. The summed E-state index contributed by atoms with van der Waals surface area (Å²) in [6.45, 7) is 0. The van der Waals surface area contributed by atoms with Gasteiger partial charge in [0.15, 0.2) is 5.85 Å². The Hall–Kier alpha value is 0.610. The molecule has 1 aliphatic carbocycles. The van der Waals surface area contributed by atoms with E-state index in [9.17, 15) is 24.0 Å². The van der Waals surface area contributed by atoms with E-state index in [1.54, 1.807) is 0 Å². The van der Waals surface area contributed by atoms with Crippen LogP contribution in [0.25, 0.3) is 0 Å². The molecule has 0 aromatic heterocycles. The molecule has 1 saturated carbocycles. The van der Waals surface area contributed by atoms with Crippen molar-refractivity contribution in [3.8, 4) is 0 Å². The molecule has 1 aliphatic rings. The quantitative estimate of drug-likeness (QED) is 0.328. The van der Waals surface area contributed by atoms with Gasteiger partial charge < -0.3 is 24.7 Å². The smallest absolute Gasteiger partial charge is 0.354 e. The third-order valence-electron chi connectivity index (χ3n) is 3.21. The van der Waals surface area contributed by atoms with Crippen LogP contribution in [0.3, 0.4) is 0 Å². The summed E-state index contributed by atoms with van der Waals surface area (Å²) in [6.07, 6.45) is 2.21. The fourth-order valence-electron chi connectivity index (χ4n) is 2.40. The van der Waals surface area contributed by atoms with Gasteiger partial charge in [0.1, 0.15) is 5.66 Å². The van der Waals surface area contributed by atoms with E-state index in [2.05, 4.69) is 12.6 Å². The Bertz CT molecular complexity index is 378. The molecule has 0 aromatic carbocycles. The first-order valence-corrected chi connectivity index (χ1v) is 9.38. The van der Waals surface area contributed by atoms with Crippen LogP contribution in [0.4, 0.5) is 0 Å². The molecule has 1 rings (SSSR count). The molecule has 10 heteroatoms. The van der Waals surface area contributed by atoms with Crippen molar-refractivity contribution in [3.05, 3.63) is 0 Å². The van der Waals surface area contributed by atoms with E-state index >= 15 is 0 Å². The highest BCUT2D eigenvalue weighted by atomic mass is 32.1. The van der Waals surface area contributed by atoms with Crippen LogP contribution in [-0.4, -0.2) is 41.4 Å². The van der Waals surface area contributed by atoms with E-state index in [0.717, 1.165) is 6.42 Å². The van der Waals surface area contributed by atoms with Gasteiger partial charge in [0.2, 0.25) is 0 Å². The fraction of sp³-hybridized carbons (Fsp3) is 1.00. The lowest BCUT2D eigenvalue weighted by Crippen LogP contribution is -2.36. The molecule has 0 amide bonds. The summed E-state index contributed by atoms with van der Waals surface area (Å²) in [4.78, 5) is 36.3. The fourth-order valence-corrected chi connectivity index (χ4v) is 5.71. The minimum absolute atomic E-state index is 0.0678. The van der Waals surface area contributed by atoms with Crippen molar-refractivity contribution in [2.45, 2.75) is 42.4 Å². The SMILES string of the molecule is O=P(O)(O)C(O)C(C1CCCC(S)C1)P(=O)(O)O. The zero-order chi connectivity index (χ0) is 14.1. The molecule has 0 radical (unpaired) electrons. The van der Waals surface area contributed by atoms with Crippen molar-refractivity contribution in [2.75, 3.05) is 0 Å². The first kappa shape index (κ1) is 16.7. The van der Waals surface area contributed by atoms with Crippen LogP contribution in [0.1, 0.15) is 25.7 Å². The van der Waals surface area contributed by atoms with Crippen molar-refractivity contribution in [1.82, 2.24) is 0 Å². The molecule has 7 nitrogen and oxygen atoms in total. The van der Waals surface area contributed by atoms with Gasteiger partial charge in [0, 0.05) is 5.25 Å². The molecule has 0 spiro atoms. The highest BCUT2D eigenvalue weighted by Gasteiger charge is 2.49. The largest absolute Gasteiger partial charge is 0.380 e. The molecular formula is C8H18O7P2S. The van der Waals surface area contributed by atoms with Crippen LogP contribution in [-0.2, 0) is 9.13 Å². The Morgan fingerprint density at radius 2 is 1.61 bits per heavy atom. The molecule has 4 atom stereocenters. The monoisotopic (exact) mass is 320 g/mol. The lowest BCUT2D eigenvalue weighted by Gasteiger charge is -2.35. The third-order valence-corrected chi connectivity index (χ3v) is 6.40. The predicted molar refractivity (Wildman–Crippen MR) is 68.6 cm³/mol. The molecule has 108 valence electrons. The van der Waals surface area contributed by atoms with Crippen LogP contribution in [0, 0.1) is 5.92 Å². The van der Waals surface area contributed by atoms with Gasteiger partial charge in [-0.05, 0) is 25.2 Å². The Labute approximate surface area is 110 Å². The maximum absolute atomic E-state index is 11.4. The van der Waals surface area contributed by atoms with Crippen LogP contribution in [0.5, 0.6) is 0 Å². The number of thiol groups is 1. The van der Waals surface area contributed by atoms with Gasteiger partial charge in [-0.1, -0.05) is 6.42 Å². The van der Waals surface area contributed by atoms with E-state index in [0.29, 0.717) is 19.3 Å². The Morgan fingerprint density at radius 1 is 1.06 bits per heavy atom. The van der Waals surface area contributed by atoms with Crippen molar-refractivity contribution in [2.24, 2.45) is 5.92 Å². The molecule has 18 heavy (non-hydrogen) atoms. The summed E-state index contributed by atoms with van der Waals surface area (Å²) >= 11 is 4.22.